The molecule has 2 aliphatic heterocycles. The number of benzene rings is 1. The highest BCUT2D eigenvalue weighted by atomic mass is 16.4. The lowest BCUT2D eigenvalue weighted by atomic mass is 10.1. The monoisotopic (exact) mass is 419 g/mol. The summed E-state index contributed by atoms with van der Waals surface area (Å²) in [6.45, 7) is 6.34. The summed E-state index contributed by atoms with van der Waals surface area (Å²) in [5.74, 6) is 1.40. The summed E-state index contributed by atoms with van der Waals surface area (Å²) >= 11 is 0. The number of piperazine rings is 1. The van der Waals surface area contributed by atoms with Gasteiger partial charge >= 0.3 is 5.63 Å². The number of nitrogens with zero attached hydrogens (tertiary/aromatic N) is 5. The minimum Gasteiger partial charge on any atom is -0.422 e. The van der Waals surface area contributed by atoms with Crippen LogP contribution in [0.4, 0.5) is 11.8 Å². The van der Waals surface area contributed by atoms with E-state index in [1.165, 1.54) is 12.8 Å². The van der Waals surface area contributed by atoms with Crippen LogP contribution < -0.4 is 15.4 Å². The molecule has 2 fully saturated rings. The van der Waals surface area contributed by atoms with E-state index in [1.807, 2.05) is 25.1 Å². The van der Waals surface area contributed by atoms with Gasteiger partial charge in [0.25, 0.3) is 5.91 Å². The molecule has 1 amide bonds. The van der Waals surface area contributed by atoms with Gasteiger partial charge in [-0.3, -0.25) is 4.79 Å². The molecule has 5 rings (SSSR count). The number of anilines is 2. The van der Waals surface area contributed by atoms with Crippen LogP contribution >= 0.6 is 0 Å². The van der Waals surface area contributed by atoms with Gasteiger partial charge in [0.2, 0.25) is 5.95 Å². The van der Waals surface area contributed by atoms with E-state index < -0.39 is 5.63 Å². The summed E-state index contributed by atoms with van der Waals surface area (Å²) in [4.78, 5) is 40.9. The summed E-state index contributed by atoms with van der Waals surface area (Å²) in [5, 5.41) is 0.745. The lowest BCUT2D eigenvalue weighted by molar-refractivity contribution is 0.0742. The average Bonchev–Trinajstić information content (AvgIpc) is 3.33. The summed E-state index contributed by atoms with van der Waals surface area (Å²) < 4.78 is 5.34. The highest BCUT2D eigenvalue weighted by Gasteiger charge is 2.26. The molecule has 0 spiro atoms. The van der Waals surface area contributed by atoms with Crippen LogP contribution in [0.2, 0.25) is 0 Å². The van der Waals surface area contributed by atoms with Gasteiger partial charge in [0.05, 0.1) is 0 Å². The third kappa shape index (κ3) is 3.85. The summed E-state index contributed by atoms with van der Waals surface area (Å²) in [6.07, 6.45) is 2.35. The number of hydrogen-bond donors (Lipinski definition) is 0. The quantitative estimate of drug-likeness (QED) is 0.603. The zero-order chi connectivity index (χ0) is 21.4. The highest BCUT2D eigenvalue weighted by Crippen LogP contribution is 2.22. The molecule has 4 heterocycles. The number of fused-ring (bicyclic) bond motifs is 1. The van der Waals surface area contributed by atoms with Gasteiger partial charge in [-0.2, -0.15) is 4.98 Å². The molecule has 160 valence electrons. The number of hydrogen-bond acceptors (Lipinski definition) is 7. The Hall–Kier alpha value is -3.42. The largest absolute Gasteiger partial charge is 0.422 e. The minimum atomic E-state index is -0.590. The van der Waals surface area contributed by atoms with Gasteiger partial charge in [-0.15, -0.1) is 0 Å². The number of rotatable bonds is 3. The van der Waals surface area contributed by atoms with Gasteiger partial charge in [0.1, 0.15) is 17.0 Å². The van der Waals surface area contributed by atoms with Crippen molar-refractivity contribution >= 4 is 28.6 Å². The van der Waals surface area contributed by atoms with Crippen LogP contribution in [0.15, 0.2) is 45.6 Å². The van der Waals surface area contributed by atoms with Crippen LogP contribution in [0.5, 0.6) is 0 Å². The Balaban J connectivity index is 1.31. The van der Waals surface area contributed by atoms with Crippen molar-refractivity contribution in [2.75, 3.05) is 49.1 Å². The van der Waals surface area contributed by atoms with Crippen LogP contribution in [-0.2, 0) is 0 Å². The van der Waals surface area contributed by atoms with Gasteiger partial charge < -0.3 is 19.1 Å². The van der Waals surface area contributed by atoms with Crippen LogP contribution in [-0.4, -0.2) is 60.0 Å². The van der Waals surface area contributed by atoms with Gasteiger partial charge in [0.15, 0.2) is 0 Å². The van der Waals surface area contributed by atoms with Crippen molar-refractivity contribution in [1.29, 1.82) is 0 Å². The fourth-order valence-corrected chi connectivity index (χ4v) is 4.28. The maximum absolute atomic E-state index is 13.0. The summed E-state index contributed by atoms with van der Waals surface area (Å²) in [7, 11) is 0. The van der Waals surface area contributed by atoms with E-state index in [0.29, 0.717) is 31.8 Å². The van der Waals surface area contributed by atoms with Gasteiger partial charge in [-0.1, -0.05) is 18.2 Å². The van der Waals surface area contributed by atoms with Crippen LogP contribution in [0, 0.1) is 6.92 Å². The van der Waals surface area contributed by atoms with Crippen LogP contribution in [0.25, 0.3) is 11.0 Å². The second kappa shape index (κ2) is 8.02. The molecular formula is C23H25N5O3. The Morgan fingerprint density at radius 2 is 1.68 bits per heavy atom. The van der Waals surface area contributed by atoms with E-state index in [-0.39, 0.29) is 11.5 Å². The smallest absolute Gasteiger partial charge is 0.349 e. The molecule has 0 aliphatic carbocycles. The standard InChI is InChI=1S/C23H25N5O3/c1-16-14-20(25-23(24-16)28-8-4-5-9-28)26-10-12-27(13-11-26)21(29)18-15-17-6-2-3-7-19(17)31-22(18)30/h2-3,6-7,14-15H,4-5,8-13H2,1H3. The molecular weight excluding hydrogens is 394 g/mol. The SMILES string of the molecule is Cc1cc(N2CCN(C(=O)c3cc4ccccc4oc3=O)CC2)nc(N2CCCC2)n1. The first-order chi connectivity index (χ1) is 15.1. The predicted molar refractivity (Wildman–Crippen MR) is 119 cm³/mol. The Kier molecular flexibility index (Phi) is 5.05. The van der Waals surface area contributed by atoms with E-state index in [0.717, 1.165) is 35.9 Å². The number of carbonyl (C=O) groups is 1. The van der Waals surface area contributed by atoms with E-state index in [1.54, 1.807) is 23.1 Å². The predicted octanol–water partition coefficient (Wildman–Crippen LogP) is 2.45. The van der Waals surface area contributed by atoms with Crippen molar-refractivity contribution in [2.45, 2.75) is 19.8 Å². The van der Waals surface area contributed by atoms with E-state index >= 15 is 0 Å². The van der Waals surface area contributed by atoms with E-state index in [2.05, 4.69) is 14.8 Å². The minimum absolute atomic E-state index is 0.0846. The molecule has 0 radical (unpaired) electrons. The van der Waals surface area contributed by atoms with Gasteiger partial charge in [0, 0.05) is 56.4 Å². The second-order valence-corrected chi connectivity index (χ2v) is 8.13. The molecule has 3 aromatic rings. The molecule has 0 atom stereocenters. The van der Waals surface area contributed by atoms with Gasteiger partial charge in [-0.05, 0) is 31.9 Å². The van der Waals surface area contributed by atoms with Crippen molar-refractivity contribution in [1.82, 2.24) is 14.9 Å². The lowest BCUT2D eigenvalue weighted by Gasteiger charge is -2.35. The van der Waals surface area contributed by atoms with Crippen LogP contribution in [0.3, 0.4) is 0 Å². The Morgan fingerprint density at radius 3 is 2.45 bits per heavy atom. The lowest BCUT2D eigenvalue weighted by Crippen LogP contribution is -2.49. The maximum Gasteiger partial charge on any atom is 0.349 e. The first-order valence-electron chi connectivity index (χ1n) is 10.8. The summed E-state index contributed by atoms with van der Waals surface area (Å²) in [6, 6.07) is 10.8. The number of amides is 1. The Labute approximate surface area is 180 Å². The van der Waals surface area contributed by atoms with Crippen molar-refractivity contribution in [3.63, 3.8) is 0 Å². The number of para-hydroxylation sites is 1. The third-order valence-electron chi connectivity index (χ3n) is 5.98. The Bertz CT molecular complexity index is 1180. The van der Waals surface area contributed by atoms with Crippen molar-refractivity contribution in [2.24, 2.45) is 0 Å². The first-order valence-corrected chi connectivity index (χ1v) is 10.8. The topological polar surface area (TPSA) is 82.8 Å². The second-order valence-electron chi connectivity index (χ2n) is 8.13. The normalized spacial score (nSPS) is 16.9. The molecule has 0 unspecified atom stereocenters. The average molecular weight is 419 g/mol. The molecule has 31 heavy (non-hydrogen) atoms. The number of aryl methyl sites for hydroxylation is 1. The molecule has 8 nitrogen and oxygen atoms in total. The summed E-state index contributed by atoms with van der Waals surface area (Å²) in [5.41, 5.74) is 0.926. The number of carbonyl (C=O) groups excluding carboxylic acids is 1. The van der Waals surface area contributed by atoms with E-state index in [9.17, 15) is 9.59 Å². The van der Waals surface area contributed by atoms with Crippen molar-refractivity contribution in [3.8, 4) is 0 Å². The molecule has 2 aliphatic rings. The molecule has 0 N–H and O–H groups in total. The van der Waals surface area contributed by atoms with E-state index in [4.69, 9.17) is 9.40 Å². The molecule has 2 saturated heterocycles. The van der Waals surface area contributed by atoms with Gasteiger partial charge in [-0.25, -0.2) is 9.78 Å². The number of aromatic nitrogens is 2. The molecule has 0 saturated carbocycles. The van der Waals surface area contributed by atoms with Crippen molar-refractivity contribution in [3.05, 3.63) is 58.1 Å². The Morgan fingerprint density at radius 1 is 0.935 bits per heavy atom. The van der Waals surface area contributed by atoms with Crippen LogP contribution in [0.1, 0.15) is 28.9 Å². The first kappa shape index (κ1) is 19.5. The molecule has 2 aromatic heterocycles. The molecule has 0 bridgehead atoms. The zero-order valence-electron chi connectivity index (χ0n) is 17.6. The highest BCUT2D eigenvalue weighted by molar-refractivity contribution is 5.96. The fraction of sp³-hybridized carbons (Fsp3) is 0.391. The third-order valence-corrected chi connectivity index (χ3v) is 5.98. The zero-order valence-corrected chi connectivity index (χ0v) is 17.6. The maximum atomic E-state index is 13.0. The molecule has 1 aromatic carbocycles. The van der Waals surface area contributed by atoms with Crippen molar-refractivity contribution < 1.29 is 9.21 Å². The fourth-order valence-electron chi connectivity index (χ4n) is 4.28. The molecule has 8 heteroatoms.